The lowest BCUT2D eigenvalue weighted by Gasteiger charge is -2.12. The smallest absolute Gasteiger partial charge is 0.293 e. The topological polar surface area (TPSA) is 61.4 Å². The Morgan fingerprint density at radius 3 is 2.42 bits per heavy atom. The number of nitrogens with zero attached hydrogens (tertiary/aromatic N) is 6. The summed E-state index contributed by atoms with van der Waals surface area (Å²) in [5, 5.41) is 13.0. The lowest BCUT2D eigenvalue weighted by molar-refractivity contribution is -0.141. The van der Waals surface area contributed by atoms with Gasteiger partial charge >= 0.3 is 6.18 Å². The van der Waals surface area contributed by atoms with Crippen LogP contribution in [0.5, 0.6) is 0 Å². The van der Waals surface area contributed by atoms with Crippen LogP contribution in [0.3, 0.4) is 0 Å². The molecule has 3 heterocycles. The first-order valence-electron chi connectivity index (χ1n) is 9.16. The highest BCUT2D eigenvalue weighted by Crippen LogP contribution is 2.33. The molecule has 0 bridgehead atoms. The molecule has 0 saturated heterocycles. The summed E-state index contributed by atoms with van der Waals surface area (Å²) in [5.41, 5.74) is 2.72. The molecule has 0 aliphatic heterocycles. The van der Waals surface area contributed by atoms with Gasteiger partial charge in [0.05, 0.1) is 11.4 Å². The molecular formula is C20H16ClF3N6S. The van der Waals surface area contributed by atoms with E-state index in [2.05, 4.69) is 20.3 Å². The van der Waals surface area contributed by atoms with Gasteiger partial charge in [-0.3, -0.25) is 9.55 Å². The molecule has 160 valence electrons. The van der Waals surface area contributed by atoms with Gasteiger partial charge in [0.1, 0.15) is 11.7 Å². The van der Waals surface area contributed by atoms with Crippen LogP contribution in [-0.2, 0) is 12.3 Å². The molecule has 11 heteroatoms. The van der Waals surface area contributed by atoms with Crippen molar-refractivity contribution in [2.45, 2.75) is 30.6 Å². The maximum atomic E-state index is 13.2. The van der Waals surface area contributed by atoms with E-state index in [1.54, 1.807) is 16.8 Å². The summed E-state index contributed by atoms with van der Waals surface area (Å²) in [5.74, 6) is 0.425. The number of aromatic nitrogens is 6. The number of alkyl halides is 3. The van der Waals surface area contributed by atoms with Crippen LogP contribution in [0.25, 0.3) is 17.1 Å². The van der Waals surface area contributed by atoms with Crippen LogP contribution in [-0.4, -0.2) is 35.7 Å². The summed E-state index contributed by atoms with van der Waals surface area (Å²) < 4.78 is 42.4. The Balaban J connectivity index is 1.64. The van der Waals surface area contributed by atoms with Crippen molar-refractivity contribution in [2.75, 3.05) is 0 Å². The molecule has 3 aromatic heterocycles. The van der Waals surface area contributed by atoms with Crippen LogP contribution in [0.4, 0.5) is 13.2 Å². The standard InChI is InChI=1S/C20H16ClF3N6S/c1-13-16(17(21)30(28-13)15-5-3-2-4-6-15)11-31-19-27-26-18(14-7-9-25-10-8-14)29(19)12-20(22,23)24/h2-10H,11-12H2,1H3. The predicted octanol–water partition coefficient (Wildman–Crippen LogP) is 5.34. The minimum atomic E-state index is -4.43. The third kappa shape index (κ3) is 4.75. The molecule has 0 saturated carbocycles. The minimum Gasteiger partial charge on any atom is -0.293 e. The monoisotopic (exact) mass is 464 g/mol. The van der Waals surface area contributed by atoms with Crippen LogP contribution in [0.1, 0.15) is 11.3 Å². The van der Waals surface area contributed by atoms with Gasteiger partial charge in [-0.15, -0.1) is 10.2 Å². The number of rotatable bonds is 6. The first-order chi connectivity index (χ1) is 14.8. The largest absolute Gasteiger partial charge is 0.406 e. The quantitative estimate of drug-likeness (QED) is 0.360. The molecule has 6 nitrogen and oxygen atoms in total. The first-order valence-corrected chi connectivity index (χ1v) is 10.5. The van der Waals surface area contributed by atoms with Gasteiger partial charge in [-0.25, -0.2) is 4.68 Å². The van der Waals surface area contributed by atoms with E-state index in [-0.39, 0.29) is 11.0 Å². The van der Waals surface area contributed by atoms with E-state index in [4.69, 9.17) is 11.6 Å². The Labute approximate surface area is 185 Å². The third-order valence-corrected chi connectivity index (χ3v) is 5.84. The van der Waals surface area contributed by atoms with E-state index in [0.29, 0.717) is 22.2 Å². The van der Waals surface area contributed by atoms with Gasteiger partial charge in [-0.1, -0.05) is 41.6 Å². The fourth-order valence-corrected chi connectivity index (χ4v) is 4.45. The Morgan fingerprint density at radius 2 is 1.74 bits per heavy atom. The number of para-hydroxylation sites is 1. The maximum absolute atomic E-state index is 13.2. The van der Waals surface area contributed by atoms with Crippen LogP contribution < -0.4 is 0 Å². The van der Waals surface area contributed by atoms with E-state index in [9.17, 15) is 13.2 Å². The molecule has 31 heavy (non-hydrogen) atoms. The first kappa shape index (κ1) is 21.4. The third-order valence-electron chi connectivity index (χ3n) is 4.46. The Morgan fingerprint density at radius 1 is 1.03 bits per heavy atom. The lowest BCUT2D eigenvalue weighted by Crippen LogP contribution is -2.19. The molecular weight excluding hydrogens is 449 g/mol. The van der Waals surface area contributed by atoms with Gasteiger partial charge in [0.15, 0.2) is 11.0 Å². The SMILES string of the molecule is Cc1nn(-c2ccccc2)c(Cl)c1CSc1nnc(-c2ccncc2)n1CC(F)(F)F. The van der Waals surface area contributed by atoms with Gasteiger partial charge in [0, 0.05) is 29.3 Å². The number of pyridine rings is 1. The highest BCUT2D eigenvalue weighted by atomic mass is 35.5. The van der Waals surface area contributed by atoms with Crippen LogP contribution >= 0.6 is 23.4 Å². The molecule has 4 rings (SSSR count). The molecule has 0 aliphatic rings. The van der Waals surface area contributed by atoms with E-state index >= 15 is 0 Å². The summed E-state index contributed by atoms with van der Waals surface area (Å²) >= 11 is 7.66. The summed E-state index contributed by atoms with van der Waals surface area (Å²) in [7, 11) is 0. The average Bonchev–Trinajstić information content (AvgIpc) is 3.26. The van der Waals surface area contributed by atoms with E-state index in [1.165, 1.54) is 12.4 Å². The number of aryl methyl sites for hydroxylation is 1. The number of halogens is 4. The Bertz CT molecular complexity index is 1180. The zero-order valence-corrected chi connectivity index (χ0v) is 17.8. The predicted molar refractivity (Wildman–Crippen MR) is 112 cm³/mol. The van der Waals surface area contributed by atoms with Gasteiger partial charge < -0.3 is 0 Å². The molecule has 0 atom stereocenters. The fraction of sp³-hybridized carbons (Fsp3) is 0.200. The zero-order valence-electron chi connectivity index (χ0n) is 16.2. The van der Waals surface area contributed by atoms with Crippen molar-refractivity contribution in [3.05, 3.63) is 71.3 Å². The number of hydrogen-bond acceptors (Lipinski definition) is 5. The lowest BCUT2D eigenvalue weighted by atomic mass is 10.2. The molecule has 0 spiro atoms. The summed E-state index contributed by atoms with van der Waals surface area (Å²) in [6.07, 6.45) is -1.43. The highest BCUT2D eigenvalue weighted by molar-refractivity contribution is 7.98. The second kappa shape index (κ2) is 8.72. The van der Waals surface area contributed by atoms with E-state index in [0.717, 1.165) is 27.6 Å². The van der Waals surface area contributed by atoms with Gasteiger partial charge in [0.2, 0.25) is 0 Å². The summed E-state index contributed by atoms with van der Waals surface area (Å²) in [4.78, 5) is 3.90. The maximum Gasteiger partial charge on any atom is 0.406 e. The molecule has 0 aliphatic carbocycles. The molecule has 0 N–H and O–H groups in total. The molecule has 0 fully saturated rings. The summed E-state index contributed by atoms with van der Waals surface area (Å²) in [6.45, 7) is 0.611. The van der Waals surface area contributed by atoms with Gasteiger partial charge in [0.25, 0.3) is 0 Å². The van der Waals surface area contributed by atoms with Crippen molar-refractivity contribution in [1.82, 2.24) is 29.5 Å². The Kier molecular flexibility index (Phi) is 6.01. The van der Waals surface area contributed by atoms with Gasteiger partial charge in [-0.2, -0.15) is 18.3 Å². The highest BCUT2D eigenvalue weighted by Gasteiger charge is 2.31. The molecule has 4 aromatic rings. The number of thioether (sulfide) groups is 1. The van der Waals surface area contributed by atoms with Crippen molar-refractivity contribution in [2.24, 2.45) is 0 Å². The van der Waals surface area contributed by atoms with Gasteiger partial charge in [-0.05, 0) is 31.2 Å². The van der Waals surface area contributed by atoms with Crippen molar-refractivity contribution >= 4 is 23.4 Å². The van der Waals surface area contributed by atoms with Crippen LogP contribution in [0, 0.1) is 6.92 Å². The zero-order chi connectivity index (χ0) is 22.0. The van der Waals surface area contributed by atoms with E-state index < -0.39 is 12.7 Å². The second-order valence-electron chi connectivity index (χ2n) is 6.63. The van der Waals surface area contributed by atoms with Crippen LogP contribution in [0.2, 0.25) is 5.15 Å². The number of hydrogen-bond donors (Lipinski definition) is 0. The molecule has 0 radical (unpaired) electrons. The average molecular weight is 465 g/mol. The molecule has 0 unspecified atom stereocenters. The molecule has 0 amide bonds. The normalized spacial score (nSPS) is 11.8. The van der Waals surface area contributed by atoms with Crippen molar-refractivity contribution in [3.63, 3.8) is 0 Å². The Hall–Kier alpha value is -2.85. The second-order valence-corrected chi connectivity index (χ2v) is 7.93. The fourth-order valence-electron chi connectivity index (χ4n) is 3.00. The van der Waals surface area contributed by atoms with Crippen molar-refractivity contribution in [3.8, 4) is 17.1 Å². The van der Waals surface area contributed by atoms with E-state index in [1.807, 2.05) is 37.3 Å². The summed E-state index contributed by atoms with van der Waals surface area (Å²) in [6, 6.07) is 12.6. The molecule has 1 aromatic carbocycles. The van der Waals surface area contributed by atoms with Crippen molar-refractivity contribution < 1.29 is 13.2 Å². The minimum absolute atomic E-state index is 0.130. The number of benzene rings is 1. The van der Waals surface area contributed by atoms with Crippen LogP contribution in [0.15, 0.2) is 60.0 Å². The van der Waals surface area contributed by atoms with Crippen molar-refractivity contribution in [1.29, 1.82) is 0 Å².